The van der Waals surface area contributed by atoms with Gasteiger partial charge < -0.3 is 14.2 Å². The highest BCUT2D eigenvalue weighted by Gasteiger charge is 2.37. The minimum atomic E-state index is 0.629. The second kappa shape index (κ2) is 9.79. The van der Waals surface area contributed by atoms with E-state index in [4.69, 9.17) is 14.2 Å². The van der Waals surface area contributed by atoms with Crippen LogP contribution in [-0.4, -0.2) is 26.8 Å². The van der Waals surface area contributed by atoms with Crippen LogP contribution in [-0.2, 0) is 30.8 Å². The van der Waals surface area contributed by atoms with Gasteiger partial charge in [-0.05, 0) is 104 Å². The topological polar surface area (TPSA) is 61.8 Å². The van der Waals surface area contributed by atoms with Crippen LogP contribution in [0.4, 0.5) is 0 Å². The summed E-state index contributed by atoms with van der Waals surface area (Å²) in [6.07, 6.45) is 3.40. The molecule has 5 nitrogen and oxygen atoms in total. The monoisotopic (exact) mass is 564 g/mol. The Morgan fingerprint density at radius 1 is 0.558 bits per heavy atom. The predicted octanol–water partition coefficient (Wildman–Crippen LogP) is 7.84. The Bertz CT molecular complexity index is 1840. The molecular weight excluding hydrogens is 536 g/mol. The molecular formula is C38H28O5. The molecule has 0 aromatic heterocycles. The second-order valence-corrected chi connectivity index (χ2v) is 11.4. The minimum absolute atomic E-state index is 0.629. The molecule has 0 atom stereocenters. The Morgan fingerprint density at radius 3 is 1.35 bits per heavy atom. The van der Waals surface area contributed by atoms with Gasteiger partial charge in [0, 0.05) is 22.3 Å². The van der Waals surface area contributed by atoms with Gasteiger partial charge in [-0.15, -0.1) is 0 Å². The number of carbonyl (C=O) groups is 2. The fourth-order valence-electron chi connectivity index (χ4n) is 7.22. The Labute approximate surface area is 249 Å². The lowest BCUT2D eigenvalue weighted by Crippen LogP contribution is -1.98. The molecule has 5 aromatic rings. The van der Waals surface area contributed by atoms with Gasteiger partial charge in [-0.25, -0.2) is 0 Å². The van der Waals surface area contributed by atoms with Crippen molar-refractivity contribution in [1.82, 2.24) is 0 Å². The molecule has 0 radical (unpaired) electrons. The first-order valence-electron chi connectivity index (χ1n) is 14.4. The van der Waals surface area contributed by atoms with Gasteiger partial charge in [-0.3, -0.25) is 9.59 Å². The first-order valence-corrected chi connectivity index (χ1v) is 14.4. The first kappa shape index (κ1) is 25.7. The molecule has 0 amide bonds. The van der Waals surface area contributed by atoms with Crippen molar-refractivity contribution in [3.8, 4) is 56.0 Å². The zero-order valence-electron chi connectivity index (χ0n) is 24.0. The molecule has 0 N–H and O–H groups in total. The highest BCUT2D eigenvalue weighted by atomic mass is 16.5. The number of methoxy groups -OCH3 is 2. The lowest BCUT2D eigenvalue weighted by atomic mass is 9.87. The SMILES string of the molecule is COc1cc2c(cc1-c1ccc(C=O)cc1)Cc1c3c(c4c(c1-2)-c1cc(OC)c(-c2ccc(C=O)cc2)cc1C4)COC3. The Kier molecular flexibility index (Phi) is 5.85. The van der Waals surface area contributed by atoms with Gasteiger partial charge in [0.25, 0.3) is 0 Å². The van der Waals surface area contributed by atoms with Crippen LogP contribution in [0.2, 0.25) is 0 Å². The summed E-state index contributed by atoms with van der Waals surface area (Å²) in [4.78, 5) is 22.5. The Balaban J connectivity index is 1.32. The van der Waals surface area contributed by atoms with Gasteiger partial charge in [0.1, 0.15) is 24.1 Å². The maximum Gasteiger partial charge on any atom is 0.150 e. The van der Waals surface area contributed by atoms with Crippen LogP contribution < -0.4 is 9.47 Å². The van der Waals surface area contributed by atoms with Crippen molar-refractivity contribution >= 4 is 12.6 Å². The van der Waals surface area contributed by atoms with Crippen LogP contribution in [0.3, 0.4) is 0 Å². The van der Waals surface area contributed by atoms with Crippen LogP contribution in [0.15, 0.2) is 72.8 Å². The summed E-state index contributed by atoms with van der Waals surface area (Å²) >= 11 is 0. The third-order valence-corrected chi connectivity index (χ3v) is 9.28. The molecule has 210 valence electrons. The predicted molar refractivity (Wildman–Crippen MR) is 166 cm³/mol. The van der Waals surface area contributed by atoms with Crippen molar-refractivity contribution in [1.29, 1.82) is 0 Å². The van der Waals surface area contributed by atoms with E-state index in [1.54, 1.807) is 14.2 Å². The molecule has 1 heterocycles. The number of benzene rings is 5. The fourth-order valence-corrected chi connectivity index (χ4v) is 7.22. The van der Waals surface area contributed by atoms with Crippen molar-refractivity contribution < 1.29 is 23.8 Å². The van der Waals surface area contributed by atoms with Gasteiger partial charge in [0.05, 0.1) is 27.4 Å². The largest absolute Gasteiger partial charge is 0.496 e. The van der Waals surface area contributed by atoms with Crippen LogP contribution in [0.25, 0.3) is 44.5 Å². The Hall–Kier alpha value is -5.00. The van der Waals surface area contributed by atoms with Crippen molar-refractivity contribution in [2.75, 3.05) is 14.2 Å². The average Bonchev–Trinajstić information content (AvgIpc) is 3.78. The zero-order valence-corrected chi connectivity index (χ0v) is 24.0. The van der Waals surface area contributed by atoms with E-state index >= 15 is 0 Å². The number of ether oxygens (including phenoxy) is 3. The lowest BCUT2D eigenvalue weighted by molar-refractivity contribution is 0.111. The van der Waals surface area contributed by atoms with Gasteiger partial charge >= 0.3 is 0 Å². The maximum absolute atomic E-state index is 11.2. The van der Waals surface area contributed by atoms with Crippen molar-refractivity contribution in [3.63, 3.8) is 0 Å². The number of rotatable bonds is 6. The first-order chi connectivity index (χ1) is 21.1. The van der Waals surface area contributed by atoms with Crippen LogP contribution in [0.5, 0.6) is 11.5 Å². The molecule has 8 rings (SSSR count). The molecule has 0 bridgehead atoms. The van der Waals surface area contributed by atoms with E-state index in [1.165, 1.54) is 55.6 Å². The van der Waals surface area contributed by atoms with Crippen molar-refractivity contribution in [2.24, 2.45) is 0 Å². The van der Waals surface area contributed by atoms with Crippen molar-refractivity contribution in [3.05, 3.63) is 117 Å². The molecule has 5 heteroatoms. The van der Waals surface area contributed by atoms with Gasteiger partial charge in [-0.1, -0.05) is 48.5 Å². The van der Waals surface area contributed by atoms with E-state index in [-0.39, 0.29) is 0 Å². The summed E-state index contributed by atoms with van der Waals surface area (Å²) in [6, 6.07) is 24.2. The number of hydrogen-bond acceptors (Lipinski definition) is 5. The standard InChI is InChI=1S/C38H28O5/c1-41-35-15-29-25(11-27(35)23-7-3-21(17-39)4-8-23)13-31-33-19-43-20-34(33)32-14-26-12-28(24-9-5-22(18-40)6-10-24)36(42-2)16-30(26)38(32)37(29)31/h3-12,15-18H,13-14,19-20H2,1-2H3. The van der Waals surface area contributed by atoms with Gasteiger partial charge in [0.15, 0.2) is 0 Å². The van der Waals surface area contributed by atoms with Crippen LogP contribution >= 0.6 is 0 Å². The maximum atomic E-state index is 11.2. The van der Waals surface area contributed by atoms with E-state index in [9.17, 15) is 9.59 Å². The summed E-state index contributed by atoms with van der Waals surface area (Å²) in [6.45, 7) is 1.26. The quantitative estimate of drug-likeness (QED) is 0.193. The molecule has 5 aromatic carbocycles. The minimum Gasteiger partial charge on any atom is -0.496 e. The molecule has 3 aliphatic rings. The Morgan fingerprint density at radius 2 is 0.977 bits per heavy atom. The summed E-state index contributed by atoms with van der Waals surface area (Å²) in [5.74, 6) is 1.61. The third kappa shape index (κ3) is 3.81. The molecule has 0 saturated heterocycles. The molecule has 0 fully saturated rings. The summed E-state index contributed by atoms with van der Waals surface area (Å²) in [5, 5.41) is 0. The summed E-state index contributed by atoms with van der Waals surface area (Å²) in [5.41, 5.74) is 18.2. The lowest BCUT2D eigenvalue weighted by Gasteiger charge is -2.17. The second-order valence-electron chi connectivity index (χ2n) is 11.4. The molecule has 1 aliphatic heterocycles. The zero-order chi connectivity index (χ0) is 29.2. The molecule has 0 unspecified atom stereocenters. The third-order valence-electron chi connectivity index (χ3n) is 9.28. The summed E-state index contributed by atoms with van der Waals surface area (Å²) in [7, 11) is 3.43. The highest BCUT2D eigenvalue weighted by molar-refractivity contribution is 5.99. The van der Waals surface area contributed by atoms with E-state index in [1.807, 2.05) is 48.5 Å². The van der Waals surface area contributed by atoms with Crippen LogP contribution in [0, 0.1) is 0 Å². The van der Waals surface area contributed by atoms with E-state index in [0.29, 0.717) is 24.3 Å². The normalized spacial score (nSPS) is 13.5. The smallest absolute Gasteiger partial charge is 0.150 e. The molecule has 43 heavy (non-hydrogen) atoms. The van der Waals surface area contributed by atoms with Gasteiger partial charge in [0.2, 0.25) is 0 Å². The molecule has 0 saturated carbocycles. The van der Waals surface area contributed by atoms with Crippen LogP contribution in [0.1, 0.15) is 54.1 Å². The van der Waals surface area contributed by atoms with E-state index < -0.39 is 0 Å². The number of hydrogen-bond donors (Lipinski definition) is 0. The number of fused-ring (bicyclic) bond motifs is 10. The molecule has 2 aliphatic carbocycles. The van der Waals surface area contributed by atoms with Gasteiger partial charge in [-0.2, -0.15) is 0 Å². The fraction of sp³-hybridized carbons (Fsp3) is 0.158. The number of carbonyl (C=O) groups excluding carboxylic acids is 2. The highest BCUT2D eigenvalue weighted by Crippen LogP contribution is 2.56. The molecule has 0 spiro atoms. The van der Waals surface area contributed by atoms with Crippen molar-refractivity contribution in [2.45, 2.75) is 26.1 Å². The van der Waals surface area contributed by atoms with E-state index in [0.717, 1.165) is 59.2 Å². The summed E-state index contributed by atoms with van der Waals surface area (Å²) < 4.78 is 18.0. The van der Waals surface area contributed by atoms with E-state index in [2.05, 4.69) is 24.3 Å². The number of aldehydes is 2. The average molecular weight is 565 g/mol.